The number of amides is 2. The summed E-state index contributed by atoms with van der Waals surface area (Å²) >= 11 is 1.46. The highest BCUT2D eigenvalue weighted by atomic mass is 32.1. The lowest BCUT2D eigenvalue weighted by atomic mass is 9.72. The predicted molar refractivity (Wildman–Crippen MR) is 179 cm³/mol. The normalized spacial score (nSPS) is 22.6. The standard InChI is InChI=1S/C32H47N9O3S/c1-31(2,3)44-30(43)41-16-12-39(13-17-41)21-18-22(36-24(19-21)40-14-10-38(11-15-40)20-7-8-20)27(34)37-29(42)32(4)9-5-6-23-25(32)26(33)28(35)45-23/h18-20H,5-17,33,35H2,1-4H3,(H2,34,37,42). The maximum atomic E-state index is 13.9. The van der Waals surface area contributed by atoms with Gasteiger partial charge in [-0.05, 0) is 65.9 Å². The summed E-state index contributed by atoms with van der Waals surface area (Å²) in [6.07, 6.45) is 4.60. The van der Waals surface area contributed by atoms with Gasteiger partial charge in [0, 0.05) is 80.6 Å². The van der Waals surface area contributed by atoms with Crippen LogP contribution in [-0.4, -0.2) is 96.6 Å². The van der Waals surface area contributed by atoms with Crippen LogP contribution in [0.5, 0.6) is 0 Å². The maximum absolute atomic E-state index is 13.9. The highest BCUT2D eigenvalue weighted by Gasteiger charge is 2.43. The third kappa shape index (κ3) is 6.55. The van der Waals surface area contributed by atoms with Crippen LogP contribution in [0.3, 0.4) is 0 Å². The van der Waals surface area contributed by atoms with Crippen LogP contribution in [-0.2, 0) is 21.4 Å². The number of anilines is 4. The summed E-state index contributed by atoms with van der Waals surface area (Å²) in [6, 6.07) is 4.68. The van der Waals surface area contributed by atoms with Gasteiger partial charge in [0.25, 0.3) is 0 Å². The fourth-order valence-electron chi connectivity index (χ4n) is 6.77. The number of aromatic nitrogens is 1. The minimum Gasteiger partial charge on any atom is -0.444 e. The summed E-state index contributed by atoms with van der Waals surface area (Å²) in [4.78, 5) is 41.3. The third-order valence-electron chi connectivity index (χ3n) is 9.47. The number of nitrogens with two attached hydrogens (primary N) is 2. The van der Waals surface area contributed by atoms with Crippen molar-refractivity contribution in [2.24, 2.45) is 0 Å². The van der Waals surface area contributed by atoms with Crippen molar-refractivity contribution in [2.45, 2.75) is 76.9 Å². The zero-order valence-electron chi connectivity index (χ0n) is 26.9. The van der Waals surface area contributed by atoms with Crippen molar-refractivity contribution in [3.8, 4) is 0 Å². The number of rotatable bonds is 5. The van der Waals surface area contributed by atoms with Crippen molar-refractivity contribution in [1.29, 1.82) is 5.41 Å². The van der Waals surface area contributed by atoms with Crippen LogP contribution in [0.15, 0.2) is 12.1 Å². The van der Waals surface area contributed by atoms with E-state index in [9.17, 15) is 9.59 Å². The van der Waals surface area contributed by atoms with Gasteiger partial charge in [-0.2, -0.15) is 0 Å². The van der Waals surface area contributed by atoms with Crippen LogP contribution in [0, 0.1) is 5.41 Å². The number of carbonyl (C=O) groups excluding carboxylic acids is 2. The summed E-state index contributed by atoms with van der Waals surface area (Å²) < 4.78 is 5.59. The Hall–Kier alpha value is -3.58. The van der Waals surface area contributed by atoms with E-state index in [0.717, 1.165) is 67.0 Å². The summed E-state index contributed by atoms with van der Waals surface area (Å²) in [5.74, 6) is 0.491. The van der Waals surface area contributed by atoms with Crippen LogP contribution >= 0.6 is 11.3 Å². The molecule has 2 saturated heterocycles. The molecule has 6 rings (SSSR count). The van der Waals surface area contributed by atoms with Crippen molar-refractivity contribution < 1.29 is 14.3 Å². The lowest BCUT2D eigenvalue weighted by Gasteiger charge is -2.38. The van der Waals surface area contributed by atoms with Gasteiger partial charge >= 0.3 is 6.09 Å². The monoisotopic (exact) mass is 637 g/mol. The molecule has 1 unspecified atom stereocenters. The zero-order chi connectivity index (χ0) is 32.1. The van der Waals surface area contributed by atoms with Gasteiger partial charge in [0.05, 0.1) is 11.1 Å². The molecule has 2 aromatic heterocycles. The minimum absolute atomic E-state index is 0.0396. The van der Waals surface area contributed by atoms with E-state index in [0.29, 0.717) is 49.0 Å². The molecule has 0 spiro atoms. The number of nitrogen functional groups attached to an aromatic ring is 2. The van der Waals surface area contributed by atoms with Gasteiger partial charge in [-0.1, -0.05) is 0 Å². The molecule has 0 bridgehead atoms. The fourth-order valence-corrected chi connectivity index (χ4v) is 7.93. The van der Waals surface area contributed by atoms with Crippen LogP contribution in [0.4, 0.5) is 27.0 Å². The Labute approximate surface area is 269 Å². The Balaban J connectivity index is 1.22. The molecule has 0 aromatic carbocycles. The Kier molecular flexibility index (Phi) is 8.36. The highest BCUT2D eigenvalue weighted by molar-refractivity contribution is 7.16. The predicted octanol–water partition coefficient (Wildman–Crippen LogP) is 3.38. The molecule has 4 aliphatic rings. The molecule has 244 valence electrons. The number of fused-ring (bicyclic) bond motifs is 1. The molecule has 0 radical (unpaired) electrons. The second-order valence-electron chi connectivity index (χ2n) is 14.0. The Bertz CT molecular complexity index is 1470. The first-order valence-electron chi connectivity index (χ1n) is 16.1. The third-order valence-corrected chi connectivity index (χ3v) is 10.6. The number of hydrogen-bond acceptors (Lipinski definition) is 11. The number of nitrogens with zero attached hydrogens (tertiary/aromatic N) is 5. The Morgan fingerprint density at radius 3 is 2.36 bits per heavy atom. The van der Waals surface area contributed by atoms with E-state index in [2.05, 4.69) is 26.1 Å². The average Bonchev–Trinajstić information content (AvgIpc) is 3.81. The van der Waals surface area contributed by atoms with E-state index in [1.54, 1.807) is 4.90 Å². The molecule has 45 heavy (non-hydrogen) atoms. The smallest absolute Gasteiger partial charge is 0.410 e. The lowest BCUT2D eigenvalue weighted by Crippen LogP contribution is -2.50. The molecule has 2 aromatic rings. The number of thiophene rings is 1. The summed E-state index contributed by atoms with van der Waals surface area (Å²) in [5.41, 5.74) is 13.7. The van der Waals surface area contributed by atoms with E-state index in [-0.39, 0.29) is 17.8 Å². The topological polar surface area (TPSA) is 157 Å². The number of amidine groups is 1. The summed E-state index contributed by atoms with van der Waals surface area (Å²) in [7, 11) is 0. The lowest BCUT2D eigenvalue weighted by molar-refractivity contribution is -0.125. The van der Waals surface area contributed by atoms with Crippen LogP contribution in [0.2, 0.25) is 0 Å². The number of carbonyl (C=O) groups is 2. The van der Waals surface area contributed by atoms with E-state index >= 15 is 0 Å². The first-order valence-corrected chi connectivity index (χ1v) is 17.0. The number of piperazine rings is 2. The van der Waals surface area contributed by atoms with Crippen molar-refractivity contribution in [2.75, 3.05) is 73.6 Å². The van der Waals surface area contributed by atoms with Gasteiger partial charge in [0.2, 0.25) is 5.91 Å². The number of aryl methyl sites for hydroxylation is 1. The summed E-state index contributed by atoms with van der Waals surface area (Å²) in [5, 5.41) is 12.5. The molecule has 2 aliphatic heterocycles. The minimum atomic E-state index is -0.879. The molecule has 2 aliphatic carbocycles. The van der Waals surface area contributed by atoms with Crippen LogP contribution < -0.4 is 26.6 Å². The highest BCUT2D eigenvalue weighted by Crippen LogP contribution is 2.47. The van der Waals surface area contributed by atoms with Crippen LogP contribution in [0.25, 0.3) is 0 Å². The number of nitrogens with one attached hydrogen (secondary N) is 2. The molecular formula is C32H47N9O3S. The first-order chi connectivity index (χ1) is 21.3. The van der Waals surface area contributed by atoms with Crippen molar-refractivity contribution in [3.05, 3.63) is 28.3 Å². The molecule has 12 nitrogen and oxygen atoms in total. The van der Waals surface area contributed by atoms with E-state index in [1.807, 2.05) is 33.8 Å². The second kappa shape index (κ2) is 12.0. The van der Waals surface area contributed by atoms with Crippen LogP contribution in [0.1, 0.15) is 69.5 Å². The SMILES string of the molecule is CC(C)(C)OC(=O)N1CCN(c2cc(C(=N)NC(=O)C3(C)CCCc4sc(N)c(N)c43)nc(N3CCN(C4CC4)CC3)c2)CC1. The number of pyridine rings is 1. The van der Waals surface area contributed by atoms with Gasteiger partial charge in [0.1, 0.15) is 22.1 Å². The van der Waals surface area contributed by atoms with Crippen molar-refractivity contribution >= 4 is 51.4 Å². The molecule has 13 heteroatoms. The first kappa shape index (κ1) is 31.4. The molecule has 1 saturated carbocycles. The van der Waals surface area contributed by atoms with Gasteiger partial charge in [-0.25, -0.2) is 9.78 Å². The quantitative estimate of drug-likeness (QED) is 0.285. The maximum Gasteiger partial charge on any atom is 0.410 e. The van der Waals surface area contributed by atoms with Gasteiger partial charge in [0.15, 0.2) is 5.84 Å². The fraction of sp³-hybridized carbons (Fsp3) is 0.625. The van der Waals surface area contributed by atoms with E-state index in [4.69, 9.17) is 26.6 Å². The zero-order valence-corrected chi connectivity index (χ0v) is 27.8. The Morgan fingerprint density at radius 2 is 1.71 bits per heavy atom. The van der Waals surface area contributed by atoms with E-state index < -0.39 is 11.0 Å². The molecule has 4 heterocycles. The second-order valence-corrected chi connectivity index (χ2v) is 15.1. The van der Waals surface area contributed by atoms with Gasteiger partial charge in [-0.3, -0.25) is 15.1 Å². The Morgan fingerprint density at radius 1 is 1.04 bits per heavy atom. The number of hydrogen-bond donors (Lipinski definition) is 4. The molecular weight excluding hydrogens is 590 g/mol. The van der Waals surface area contributed by atoms with Gasteiger partial charge in [-0.15, -0.1) is 11.3 Å². The number of ether oxygens (including phenoxy) is 1. The molecule has 2 amide bonds. The summed E-state index contributed by atoms with van der Waals surface area (Å²) in [6.45, 7) is 13.5. The van der Waals surface area contributed by atoms with Crippen molar-refractivity contribution in [3.63, 3.8) is 0 Å². The largest absolute Gasteiger partial charge is 0.444 e. The van der Waals surface area contributed by atoms with Gasteiger partial charge < -0.3 is 36.2 Å². The molecule has 1 atom stereocenters. The molecule has 6 N–H and O–H groups in total. The average molecular weight is 638 g/mol. The van der Waals surface area contributed by atoms with Crippen molar-refractivity contribution in [1.82, 2.24) is 20.1 Å². The van der Waals surface area contributed by atoms with E-state index in [1.165, 1.54) is 24.2 Å². The molecule has 3 fully saturated rings.